The van der Waals surface area contributed by atoms with Crippen LogP contribution in [0, 0.1) is 0 Å². The molecule has 2 fully saturated rings. The second-order valence-electron chi connectivity index (χ2n) is 8.00. The quantitative estimate of drug-likeness (QED) is 0.640. The number of rotatable bonds is 5. The SMILES string of the molecule is CC(C)c1nnc(S[C@H]2CCCCN(C(=O)c3ccc(Cl)cc3)C2=O)n1C1CC1. The summed E-state index contributed by atoms with van der Waals surface area (Å²) in [5.74, 6) is 0.866. The first-order valence-corrected chi connectivity index (χ1v) is 11.4. The van der Waals surface area contributed by atoms with E-state index in [9.17, 15) is 9.59 Å². The van der Waals surface area contributed by atoms with E-state index in [1.165, 1.54) is 16.7 Å². The molecule has 1 aromatic carbocycles. The van der Waals surface area contributed by atoms with Crippen LogP contribution in [-0.2, 0) is 4.79 Å². The van der Waals surface area contributed by atoms with Gasteiger partial charge in [-0.3, -0.25) is 14.5 Å². The highest BCUT2D eigenvalue weighted by Gasteiger charge is 2.36. The number of hydrogen-bond donors (Lipinski definition) is 0. The van der Waals surface area contributed by atoms with Crippen LogP contribution < -0.4 is 0 Å². The standard InChI is InChI=1S/C21H25ClN4O2S/c1-13(2)18-23-24-21(26(18)16-10-11-16)29-17-5-3-4-12-25(20(17)28)19(27)14-6-8-15(22)9-7-14/h6-9,13,16-17H,3-5,10-12H2,1-2H3/t17-/m0/s1. The first kappa shape index (κ1) is 20.4. The van der Waals surface area contributed by atoms with Crippen LogP contribution in [0.15, 0.2) is 29.4 Å². The summed E-state index contributed by atoms with van der Waals surface area (Å²) >= 11 is 7.39. The van der Waals surface area contributed by atoms with Gasteiger partial charge in [-0.2, -0.15) is 0 Å². The summed E-state index contributed by atoms with van der Waals surface area (Å²) in [6.45, 7) is 4.67. The van der Waals surface area contributed by atoms with Crippen LogP contribution in [0.25, 0.3) is 0 Å². The van der Waals surface area contributed by atoms with Gasteiger partial charge in [0.25, 0.3) is 5.91 Å². The molecule has 2 aliphatic rings. The number of aromatic nitrogens is 3. The van der Waals surface area contributed by atoms with E-state index in [1.807, 2.05) is 0 Å². The molecule has 154 valence electrons. The van der Waals surface area contributed by atoms with E-state index >= 15 is 0 Å². The van der Waals surface area contributed by atoms with Gasteiger partial charge in [0.05, 0.1) is 5.25 Å². The number of amides is 2. The lowest BCUT2D eigenvalue weighted by atomic mass is 10.2. The Balaban J connectivity index is 1.56. The van der Waals surface area contributed by atoms with Gasteiger partial charge in [0.1, 0.15) is 5.82 Å². The number of nitrogens with zero attached hydrogens (tertiary/aromatic N) is 4. The summed E-state index contributed by atoms with van der Waals surface area (Å²) in [7, 11) is 0. The number of thioether (sulfide) groups is 1. The molecule has 2 aromatic rings. The van der Waals surface area contributed by atoms with Crippen molar-refractivity contribution < 1.29 is 9.59 Å². The smallest absolute Gasteiger partial charge is 0.260 e. The van der Waals surface area contributed by atoms with E-state index in [4.69, 9.17) is 11.6 Å². The monoisotopic (exact) mass is 432 g/mol. The van der Waals surface area contributed by atoms with Crippen molar-refractivity contribution in [2.24, 2.45) is 0 Å². The molecule has 0 unspecified atom stereocenters. The highest BCUT2D eigenvalue weighted by Crippen LogP contribution is 2.41. The van der Waals surface area contributed by atoms with Gasteiger partial charge in [0.15, 0.2) is 5.16 Å². The maximum Gasteiger partial charge on any atom is 0.260 e. The minimum atomic E-state index is -0.324. The lowest BCUT2D eigenvalue weighted by Gasteiger charge is -2.22. The first-order valence-electron chi connectivity index (χ1n) is 10.2. The molecule has 1 aromatic heterocycles. The molecule has 2 heterocycles. The number of benzene rings is 1. The van der Waals surface area contributed by atoms with Gasteiger partial charge in [-0.15, -0.1) is 10.2 Å². The third-order valence-electron chi connectivity index (χ3n) is 5.34. The summed E-state index contributed by atoms with van der Waals surface area (Å²) in [6.07, 6.45) is 4.72. The van der Waals surface area contributed by atoms with E-state index in [-0.39, 0.29) is 23.0 Å². The normalized spacial score (nSPS) is 20.2. The minimum absolute atomic E-state index is 0.135. The van der Waals surface area contributed by atoms with Crippen LogP contribution in [0.5, 0.6) is 0 Å². The Bertz CT molecular complexity index is 908. The average Bonchev–Trinajstić information content (AvgIpc) is 3.48. The van der Waals surface area contributed by atoms with Gasteiger partial charge in [-0.1, -0.05) is 43.6 Å². The van der Waals surface area contributed by atoms with Crippen LogP contribution in [-0.4, -0.2) is 43.3 Å². The van der Waals surface area contributed by atoms with Crippen LogP contribution in [0.1, 0.15) is 74.1 Å². The van der Waals surface area contributed by atoms with Gasteiger partial charge >= 0.3 is 0 Å². The van der Waals surface area contributed by atoms with Crippen molar-refractivity contribution in [3.63, 3.8) is 0 Å². The Hall–Kier alpha value is -1.86. The lowest BCUT2D eigenvalue weighted by Crippen LogP contribution is -2.41. The summed E-state index contributed by atoms with van der Waals surface area (Å²) < 4.78 is 2.21. The molecular weight excluding hydrogens is 408 g/mol. The van der Waals surface area contributed by atoms with Crippen molar-refractivity contribution in [2.45, 2.75) is 68.3 Å². The highest BCUT2D eigenvalue weighted by molar-refractivity contribution is 8.00. The first-order chi connectivity index (χ1) is 14.0. The topological polar surface area (TPSA) is 68.1 Å². The minimum Gasteiger partial charge on any atom is -0.303 e. The Labute approximate surface area is 180 Å². The summed E-state index contributed by atoms with van der Waals surface area (Å²) in [6, 6.07) is 7.13. The van der Waals surface area contributed by atoms with Gasteiger partial charge in [0, 0.05) is 29.1 Å². The molecule has 1 aliphatic heterocycles. The fraction of sp³-hybridized carbons (Fsp3) is 0.524. The molecule has 8 heteroatoms. The highest BCUT2D eigenvalue weighted by atomic mass is 35.5. The van der Waals surface area contributed by atoms with Crippen molar-refractivity contribution in [3.8, 4) is 0 Å². The summed E-state index contributed by atoms with van der Waals surface area (Å²) in [4.78, 5) is 27.6. The van der Waals surface area contributed by atoms with E-state index in [2.05, 4.69) is 28.6 Å². The number of carbonyl (C=O) groups is 2. The van der Waals surface area contributed by atoms with Crippen LogP contribution in [0.3, 0.4) is 0 Å². The molecule has 1 saturated heterocycles. The zero-order valence-electron chi connectivity index (χ0n) is 16.7. The van der Waals surface area contributed by atoms with Crippen molar-refractivity contribution in [1.82, 2.24) is 19.7 Å². The molecule has 1 aliphatic carbocycles. The molecule has 1 saturated carbocycles. The fourth-order valence-electron chi connectivity index (χ4n) is 3.63. The van der Waals surface area contributed by atoms with Crippen molar-refractivity contribution in [3.05, 3.63) is 40.7 Å². The van der Waals surface area contributed by atoms with Crippen LogP contribution in [0.2, 0.25) is 5.02 Å². The zero-order chi connectivity index (χ0) is 20.5. The predicted octanol–water partition coefficient (Wildman–Crippen LogP) is 4.70. The van der Waals surface area contributed by atoms with Gasteiger partial charge in [-0.25, -0.2) is 0 Å². The maximum absolute atomic E-state index is 13.3. The Morgan fingerprint density at radius 3 is 2.52 bits per heavy atom. The fourth-order valence-corrected chi connectivity index (χ4v) is 4.97. The van der Waals surface area contributed by atoms with E-state index in [1.54, 1.807) is 24.3 Å². The number of carbonyl (C=O) groups excluding carboxylic acids is 2. The maximum atomic E-state index is 13.3. The van der Waals surface area contributed by atoms with Gasteiger partial charge in [0.2, 0.25) is 5.91 Å². The van der Waals surface area contributed by atoms with Gasteiger partial charge in [-0.05, 0) is 49.9 Å². The number of imide groups is 1. The van der Waals surface area contributed by atoms with E-state index in [0.29, 0.717) is 23.2 Å². The van der Waals surface area contributed by atoms with E-state index < -0.39 is 0 Å². The molecule has 0 N–H and O–H groups in total. The molecule has 1 atom stereocenters. The summed E-state index contributed by atoms with van der Waals surface area (Å²) in [5, 5.41) is 9.83. The van der Waals surface area contributed by atoms with Crippen LogP contribution in [0.4, 0.5) is 0 Å². The van der Waals surface area contributed by atoms with Crippen LogP contribution >= 0.6 is 23.4 Å². The molecule has 4 rings (SSSR count). The average molecular weight is 433 g/mol. The van der Waals surface area contributed by atoms with E-state index in [0.717, 1.165) is 43.1 Å². The number of hydrogen-bond acceptors (Lipinski definition) is 5. The Morgan fingerprint density at radius 2 is 1.86 bits per heavy atom. The Kier molecular flexibility index (Phi) is 5.97. The van der Waals surface area contributed by atoms with Crippen molar-refractivity contribution >= 4 is 35.2 Å². The lowest BCUT2D eigenvalue weighted by molar-refractivity contribution is -0.127. The zero-order valence-corrected chi connectivity index (χ0v) is 18.2. The third-order valence-corrected chi connectivity index (χ3v) is 6.81. The summed E-state index contributed by atoms with van der Waals surface area (Å²) in [5.41, 5.74) is 0.483. The Morgan fingerprint density at radius 1 is 1.14 bits per heavy atom. The molecule has 6 nitrogen and oxygen atoms in total. The molecule has 0 radical (unpaired) electrons. The molecule has 0 spiro atoms. The third kappa shape index (κ3) is 4.36. The second-order valence-corrected chi connectivity index (χ2v) is 9.61. The van der Waals surface area contributed by atoms with Crippen molar-refractivity contribution in [1.29, 1.82) is 0 Å². The van der Waals surface area contributed by atoms with Gasteiger partial charge < -0.3 is 4.57 Å². The molecule has 2 amide bonds. The predicted molar refractivity (Wildman–Crippen MR) is 113 cm³/mol. The second kappa shape index (κ2) is 8.48. The molecule has 0 bridgehead atoms. The number of likely N-dealkylation sites (tertiary alicyclic amines) is 1. The molecule has 29 heavy (non-hydrogen) atoms. The molecular formula is C21H25ClN4O2S. The van der Waals surface area contributed by atoms with Crippen molar-refractivity contribution in [2.75, 3.05) is 6.54 Å². The largest absolute Gasteiger partial charge is 0.303 e. The number of halogens is 1.